The lowest BCUT2D eigenvalue weighted by Gasteiger charge is -2.43. The first-order valence-electron chi connectivity index (χ1n) is 4.49. The van der Waals surface area contributed by atoms with Crippen LogP contribution in [0.3, 0.4) is 0 Å². The standard InChI is InChI=1S/C9H17NO3/c1-8(2)5-9(10,13)4-3-6(8)7(11)12/h6,13H,3-5,10H2,1-2H3,(H,11,12)/t6-,9-/m1/s1. The van der Waals surface area contributed by atoms with Gasteiger partial charge in [-0.25, -0.2) is 0 Å². The number of hydrogen-bond donors (Lipinski definition) is 3. The fourth-order valence-electron chi connectivity index (χ4n) is 2.24. The molecular formula is C9H17NO3. The molecule has 0 bridgehead atoms. The zero-order valence-electron chi connectivity index (χ0n) is 8.08. The maximum Gasteiger partial charge on any atom is 0.307 e. The second-order valence-corrected chi connectivity index (χ2v) is 4.70. The quantitative estimate of drug-likeness (QED) is 0.523. The predicted molar refractivity (Wildman–Crippen MR) is 47.9 cm³/mol. The van der Waals surface area contributed by atoms with Crippen LogP contribution in [0.15, 0.2) is 0 Å². The summed E-state index contributed by atoms with van der Waals surface area (Å²) in [5, 5.41) is 18.5. The molecule has 1 aliphatic rings. The number of aliphatic carboxylic acids is 1. The van der Waals surface area contributed by atoms with Gasteiger partial charge >= 0.3 is 5.97 Å². The number of carboxylic acids is 1. The van der Waals surface area contributed by atoms with E-state index in [1.54, 1.807) is 0 Å². The molecule has 0 unspecified atom stereocenters. The third-order valence-corrected chi connectivity index (χ3v) is 2.87. The molecule has 0 radical (unpaired) electrons. The molecule has 0 aromatic carbocycles. The predicted octanol–water partition coefficient (Wildman–Crippen LogP) is 0.545. The summed E-state index contributed by atoms with van der Waals surface area (Å²) in [6.07, 6.45) is 1.17. The summed E-state index contributed by atoms with van der Waals surface area (Å²) in [5.41, 5.74) is 3.97. The molecule has 13 heavy (non-hydrogen) atoms. The molecule has 76 valence electrons. The van der Waals surface area contributed by atoms with Crippen LogP contribution in [-0.2, 0) is 4.79 Å². The number of rotatable bonds is 1. The summed E-state index contributed by atoms with van der Waals surface area (Å²) in [7, 11) is 0. The van der Waals surface area contributed by atoms with E-state index in [1.807, 2.05) is 13.8 Å². The van der Waals surface area contributed by atoms with Gasteiger partial charge in [-0.2, -0.15) is 0 Å². The fourth-order valence-corrected chi connectivity index (χ4v) is 2.24. The Labute approximate surface area is 77.7 Å². The number of aliphatic hydroxyl groups is 1. The summed E-state index contributed by atoms with van der Waals surface area (Å²) < 4.78 is 0. The van der Waals surface area contributed by atoms with Gasteiger partial charge < -0.3 is 15.9 Å². The van der Waals surface area contributed by atoms with Gasteiger partial charge in [-0.15, -0.1) is 0 Å². The Kier molecular flexibility index (Phi) is 2.38. The van der Waals surface area contributed by atoms with Gasteiger partial charge in [-0.3, -0.25) is 4.79 Å². The van der Waals surface area contributed by atoms with Crippen molar-refractivity contribution >= 4 is 5.97 Å². The molecule has 4 N–H and O–H groups in total. The molecule has 1 rings (SSSR count). The minimum Gasteiger partial charge on any atom is -0.481 e. The van der Waals surface area contributed by atoms with Crippen LogP contribution in [0.1, 0.15) is 33.1 Å². The van der Waals surface area contributed by atoms with E-state index in [4.69, 9.17) is 10.8 Å². The first kappa shape index (κ1) is 10.5. The number of nitrogens with two attached hydrogens (primary N) is 1. The zero-order valence-corrected chi connectivity index (χ0v) is 8.08. The molecule has 4 heteroatoms. The molecule has 4 nitrogen and oxygen atoms in total. The second-order valence-electron chi connectivity index (χ2n) is 4.70. The molecule has 1 saturated carbocycles. The molecule has 1 aliphatic carbocycles. The van der Waals surface area contributed by atoms with Crippen molar-refractivity contribution in [2.24, 2.45) is 17.1 Å². The highest BCUT2D eigenvalue weighted by atomic mass is 16.4. The van der Waals surface area contributed by atoms with Crippen molar-refractivity contribution in [3.63, 3.8) is 0 Å². The molecule has 2 atom stereocenters. The molecule has 0 saturated heterocycles. The molecule has 0 aliphatic heterocycles. The third kappa shape index (κ3) is 2.19. The normalized spacial score (nSPS) is 38.6. The van der Waals surface area contributed by atoms with E-state index in [-0.39, 0.29) is 0 Å². The lowest BCUT2D eigenvalue weighted by atomic mass is 9.66. The summed E-state index contributed by atoms with van der Waals surface area (Å²) >= 11 is 0. The Morgan fingerprint density at radius 1 is 1.54 bits per heavy atom. The van der Waals surface area contributed by atoms with E-state index in [0.717, 1.165) is 0 Å². The Hall–Kier alpha value is -0.610. The van der Waals surface area contributed by atoms with Crippen LogP contribution in [0, 0.1) is 11.3 Å². The smallest absolute Gasteiger partial charge is 0.307 e. The van der Waals surface area contributed by atoms with Gasteiger partial charge in [0.15, 0.2) is 0 Å². The van der Waals surface area contributed by atoms with Gasteiger partial charge in [-0.05, 0) is 24.7 Å². The maximum absolute atomic E-state index is 10.9. The monoisotopic (exact) mass is 187 g/mol. The number of hydrogen-bond acceptors (Lipinski definition) is 3. The van der Waals surface area contributed by atoms with Crippen molar-refractivity contribution in [2.45, 2.75) is 38.8 Å². The van der Waals surface area contributed by atoms with Crippen molar-refractivity contribution in [3.05, 3.63) is 0 Å². The van der Waals surface area contributed by atoms with Crippen LogP contribution < -0.4 is 5.73 Å². The zero-order chi connectivity index (χ0) is 10.3. The average molecular weight is 187 g/mol. The van der Waals surface area contributed by atoms with Gasteiger partial charge in [-0.1, -0.05) is 13.8 Å². The summed E-state index contributed by atoms with van der Waals surface area (Å²) in [6.45, 7) is 3.67. The van der Waals surface area contributed by atoms with Crippen molar-refractivity contribution in [1.82, 2.24) is 0 Å². The molecule has 0 aromatic heterocycles. The van der Waals surface area contributed by atoms with Crippen LogP contribution in [0.2, 0.25) is 0 Å². The van der Waals surface area contributed by atoms with Crippen LogP contribution in [0.4, 0.5) is 0 Å². The van der Waals surface area contributed by atoms with Crippen LogP contribution in [-0.4, -0.2) is 21.9 Å². The van der Waals surface area contributed by atoms with Gasteiger partial charge in [0.1, 0.15) is 5.72 Å². The summed E-state index contributed by atoms with van der Waals surface area (Å²) in [6, 6.07) is 0. The second kappa shape index (κ2) is 2.96. The highest BCUT2D eigenvalue weighted by Crippen LogP contribution is 2.43. The SMILES string of the molecule is CC1(C)C[C@](N)(O)CC[C@@H]1C(=O)O. The Balaban J connectivity index is 2.79. The van der Waals surface area contributed by atoms with E-state index < -0.39 is 23.0 Å². The topological polar surface area (TPSA) is 83.5 Å². The van der Waals surface area contributed by atoms with Gasteiger partial charge in [0.25, 0.3) is 0 Å². The van der Waals surface area contributed by atoms with Gasteiger partial charge in [0.05, 0.1) is 5.92 Å². The number of carbonyl (C=O) groups is 1. The van der Waals surface area contributed by atoms with Crippen LogP contribution >= 0.6 is 0 Å². The van der Waals surface area contributed by atoms with Crippen molar-refractivity contribution in [2.75, 3.05) is 0 Å². The molecular weight excluding hydrogens is 170 g/mol. The van der Waals surface area contributed by atoms with Crippen LogP contribution in [0.25, 0.3) is 0 Å². The third-order valence-electron chi connectivity index (χ3n) is 2.87. The Morgan fingerprint density at radius 3 is 2.46 bits per heavy atom. The van der Waals surface area contributed by atoms with E-state index in [1.165, 1.54) is 0 Å². The van der Waals surface area contributed by atoms with E-state index in [0.29, 0.717) is 19.3 Å². The van der Waals surface area contributed by atoms with Crippen molar-refractivity contribution in [3.8, 4) is 0 Å². The van der Waals surface area contributed by atoms with E-state index >= 15 is 0 Å². The molecule has 0 amide bonds. The van der Waals surface area contributed by atoms with Crippen molar-refractivity contribution in [1.29, 1.82) is 0 Å². The minimum atomic E-state index is -1.19. The fraction of sp³-hybridized carbons (Fsp3) is 0.889. The minimum absolute atomic E-state index is 0.344. The molecule has 1 fully saturated rings. The van der Waals surface area contributed by atoms with Crippen LogP contribution in [0.5, 0.6) is 0 Å². The first-order chi connectivity index (χ1) is 5.75. The van der Waals surface area contributed by atoms with Gasteiger partial charge in [0.2, 0.25) is 0 Å². The highest BCUT2D eigenvalue weighted by Gasteiger charge is 2.45. The lowest BCUT2D eigenvalue weighted by Crippen LogP contribution is -2.51. The molecule has 0 aromatic rings. The lowest BCUT2D eigenvalue weighted by molar-refractivity contribution is -0.153. The largest absolute Gasteiger partial charge is 0.481 e. The Morgan fingerprint density at radius 2 is 2.08 bits per heavy atom. The van der Waals surface area contributed by atoms with E-state index in [9.17, 15) is 9.90 Å². The summed E-state index contributed by atoms with van der Waals surface area (Å²) in [5.74, 6) is -1.18. The molecule has 0 spiro atoms. The first-order valence-corrected chi connectivity index (χ1v) is 4.49. The summed E-state index contributed by atoms with van der Waals surface area (Å²) in [4.78, 5) is 10.9. The number of carboxylic acid groups (broad SMARTS) is 1. The van der Waals surface area contributed by atoms with E-state index in [2.05, 4.69) is 0 Å². The highest BCUT2D eigenvalue weighted by molar-refractivity contribution is 5.71. The average Bonchev–Trinajstić information content (AvgIpc) is 1.79. The van der Waals surface area contributed by atoms with Crippen molar-refractivity contribution < 1.29 is 15.0 Å². The molecule has 0 heterocycles. The van der Waals surface area contributed by atoms with Gasteiger partial charge in [0, 0.05) is 0 Å². The maximum atomic E-state index is 10.9. The Bertz CT molecular complexity index is 223.